The predicted molar refractivity (Wildman–Crippen MR) is 207 cm³/mol. The maximum Gasteiger partial charge on any atom is 0.332 e. The molecule has 2 aliphatic carbocycles. The van der Waals surface area contributed by atoms with Gasteiger partial charge >= 0.3 is 5.97 Å². The van der Waals surface area contributed by atoms with Gasteiger partial charge in [0, 0.05) is 38.0 Å². The molecule has 15 atom stereocenters. The molecule has 10 N–H and O–H groups in total. The normalized spacial score (nSPS) is 36.3. The second kappa shape index (κ2) is 22.5. The molecule has 0 aromatic heterocycles. The van der Waals surface area contributed by atoms with E-state index in [0.717, 1.165) is 32.1 Å². The maximum absolute atomic E-state index is 13.8. The van der Waals surface area contributed by atoms with E-state index < -0.39 is 115 Å². The van der Waals surface area contributed by atoms with Gasteiger partial charge in [-0.1, -0.05) is 59.3 Å². The second-order valence-electron chi connectivity index (χ2n) is 17.3. The molecule has 4 aliphatic rings. The summed E-state index contributed by atoms with van der Waals surface area (Å²) in [7, 11) is 0. The summed E-state index contributed by atoms with van der Waals surface area (Å²) in [5.74, 6) is -3.55. The lowest BCUT2D eigenvalue weighted by atomic mass is 9.75. The monoisotopic (exact) mass is 847 g/mol. The Labute approximate surface area is 345 Å². The summed E-state index contributed by atoms with van der Waals surface area (Å²) in [6.45, 7) is 7.32. The van der Waals surface area contributed by atoms with E-state index in [9.17, 15) is 54.9 Å². The Kier molecular flexibility index (Phi) is 18.7. The highest BCUT2D eigenvalue weighted by molar-refractivity contribution is 5.82. The van der Waals surface area contributed by atoms with Gasteiger partial charge in [0.15, 0.2) is 18.7 Å². The summed E-state index contributed by atoms with van der Waals surface area (Å²) in [4.78, 5) is 51.7. The van der Waals surface area contributed by atoms with Crippen LogP contribution in [0, 0.1) is 23.2 Å². The molecule has 4 rings (SSSR count). The first kappa shape index (κ1) is 49.1. The van der Waals surface area contributed by atoms with Crippen LogP contribution in [-0.4, -0.2) is 165 Å². The van der Waals surface area contributed by atoms with Gasteiger partial charge in [-0.25, -0.2) is 4.79 Å². The molecule has 0 aromatic carbocycles. The first-order valence-corrected chi connectivity index (χ1v) is 21.2. The van der Waals surface area contributed by atoms with Crippen LogP contribution in [0.2, 0.25) is 0 Å². The molecule has 0 bridgehead atoms. The van der Waals surface area contributed by atoms with Gasteiger partial charge in [-0.2, -0.15) is 0 Å². The summed E-state index contributed by atoms with van der Waals surface area (Å²) < 4.78 is 31.0. The number of carbonyl (C=O) groups is 4. The number of aliphatic hydroxyl groups is 6. The number of hydrogen-bond donors (Lipinski definition) is 10. The number of ether oxygens (including phenoxy) is 5. The largest absolute Gasteiger partial charge is 0.479 e. The Hall–Kier alpha value is -2.56. The maximum atomic E-state index is 13.8. The number of carboxylic acids is 1. The zero-order chi connectivity index (χ0) is 43.6. The van der Waals surface area contributed by atoms with E-state index in [4.69, 9.17) is 23.7 Å². The van der Waals surface area contributed by atoms with Crippen LogP contribution in [0.25, 0.3) is 0 Å². The molecule has 4 fully saturated rings. The van der Waals surface area contributed by atoms with Crippen LogP contribution in [-0.2, 0) is 42.9 Å². The minimum atomic E-state index is -1.67. The molecular formula is C40H69N3O16. The lowest BCUT2D eigenvalue weighted by Crippen LogP contribution is -2.67. The van der Waals surface area contributed by atoms with Gasteiger partial charge in [-0.3, -0.25) is 14.4 Å². The average Bonchev–Trinajstić information content (AvgIpc) is 3.19. The third-order valence-electron chi connectivity index (χ3n) is 12.4. The van der Waals surface area contributed by atoms with E-state index in [0.29, 0.717) is 6.42 Å². The smallest absolute Gasteiger partial charge is 0.332 e. The Bertz CT molecular complexity index is 1370. The fraction of sp³-hybridized carbons (Fsp3) is 0.900. The van der Waals surface area contributed by atoms with Crippen molar-refractivity contribution in [1.29, 1.82) is 0 Å². The van der Waals surface area contributed by atoms with Crippen LogP contribution in [0.4, 0.5) is 0 Å². The molecule has 0 spiro atoms. The van der Waals surface area contributed by atoms with Crippen molar-refractivity contribution in [3.63, 3.8) is 0 Å². The van der Waals surface area contributed by atoms with Crippen molar-refractivity contribution in [2.45, 2.75) is 178 Å². The second-order valence-corrected chi connectivity index (χ2v) is 17.3. The number of hydrogen-bond acceptors (Lipinski definition) is 15. The number of amides is 3. The molecule has 10 unspecified atom stereocenters. The summed E-state index contributed by atoms with van der Waals surface area (Å²) in [6.07, 6.45) is -10.6. The van der Waals surface area contributed by atoms with Crippen LogP contribution < -0.4 is 16.0 Å². The molecule has 3 amide bonds. The average molecular weight is 848 g/mol. The minimum Gasteiger partial charge on any atom is -0.479 e. The van der Waals surface area contributed by atoms with Crippen molar-refractivity contribution < 1.29 is 78.6 Å². The van der Waals surface area contributed by atoms with Crippen molar-refractivity contribution in [2.75, 3.05) is 26.3 Å². The van der Waals surface area contributed by atoms with Crippen LogP contribution in [0.1, 0.15) is 98.8 Å². The summed E-state index contributed by atoms with van der Waals surface area (Å²) >= 11 is 0. The quantitative estimate of drug-likeness (QED) is 0.0702. The standard InChI is InChI=1S/C40H69N3O16/c1-6-23-17-24(35(51)41-13-14-42-39(54)40(4,5)12-15-44)18-25(33(23)59-38-32(50)31(49)29(47)20(2)55-38)57-37-28(43-21(3)46)34(30(48)27(19-45)58-37)56-26(36(52)53)16-22-10-8-7-9-11-22/h20,22-34,37-38,44-45,47-50H,6-19H2,1-5H3,(H,41,51)(H,42,54)(H,43,46)(H,52,53)/t20?,23-,24-,25?,26+,27+,28?,29?,30?,31?,32?,33?,34?,37-,38?/m1/s1. The highest BCUT2D eigenvalue weighted by Gasteiger charge is 2.53. The van der Waals surface area contributed by atoms with E-state index in [1.165, 1.54) is 13.8 Å². The van der Waals surface area contributed by atoms with Crippen LogP contribution >= 0.6 is 0 Å². The molecule has 340 valence electrons. The van der Waals surface area contributed by atoms with Gasteiger partial charge in [0.2, 0.25) is 17.7 Å². The fourth-order valence-corrected chi connectivity index (χ4v) is 8.71. The lowest BCUT2D eigenvalue weighted by Gasteiger charge is -2.49. The minimum absolute atomic E-state index is 0.0175. The first-order valence-electron chi connectivity index (χ1n) is 21.2. The summed E-state index contributed by atoms with van der Waals surface area (Å²) in [5.41, 5.74) is -0.813. The third kappa shape index (κ3) is 13.0. The van der Waals surface area contributed by atoms with Crippen molar-refractivity contribution in [1.82, 2.24) is 16.0 Å². The first-order chi connectivity index (χ1) is 27.9. The molecule has 59 heavy (non-hydrogen) atoms. The topological polar surface area (TPSA) is 292 Å². The van der Waals surface area contributed by atoms with Crippen molar-refractivity contribution in [2.24, 2.45) is 23.2 Å². The number of carbonyl (C=O) groups excluding carboxylic acids is 3. The lowest BCUT2D eigenvalue weighted by molar-refractivity contribution is -0.338. The van der Waals surface area contributed by atoms with Crippen molar-refractivity contribution in [3.05, 3.63) is 0 Å². The fourth-order valence-electron chi connectivity index (χ4n) is 8.71. The van der Waals surface area contributed by atoms with Gasteiger partial charge < -0.3 is 75.4 Å². The Morgan fingerprint density at radius 1 is 0.847 bits per heavy atom. The van der Waals surface area contributed by atoms with Crippen LogP contribution in [0.5, 0.6) is 0 Å². The third-order valence-corrected chi connectivity index (χ3v) is 12.4. The molecular weight excluding hydrogens is 778 g/mol. The van der Waals surface area contributed by atoms with E-state index in [1.54, 1.807) is 13.8 Å². The van der Waals surface area contributed by atoms with Crippen molar-refractivity contribution in [3.8, 4) is 0 Å². The van der Waals surface area contributed by atoms with Crippen LogP contribution in [0.15, 0.2) is 0 Å². The van der Waals surface area contributed by atoms with Gasteiger partial charge in [-0.05, 0) is 44.4 Å². The number of rotatable bonds is 19. The zero-order valence-corrected chi connectivity index (χ0v) is 34.9. The molecule has 2 saturated heterocycles. The SMILES string of the molecule is CC[C@@H]1C[C@@H](C(=O)NCCNC(=O)C(C)(C)CCO)CC(O[C@@H]2O[C@@H](CO)C(O)C(O[C@@H](CC3CCCCC3)C(=O)O)C2NC(C)=O)C1OC1OC(C)C(O)C(O)C1O. The molecule has 2 aliphatic heterocycles. The molecule has 2 heterocycles. The van der Waals surface area contributed by atoms with E-state index >= 15 is 0 Å². The molecule has 19 nitrogen and oxygen atoms in total. The summed E-state index contributed by atoms with van der Waals surface area (Å²) in [6, 6.07) is -1.32. The number of nitrogens with one attached hydrogen (secondary N) is 3. The predicted octanol–water partition coefficient (Wildman–Crippen LogP) is -0.947. The number of aliphatic carboxylic acids is 1. The highest BCUT2D eigenvalue weighted by atomic mass is 16.7. The molecule has 2 saturated carbocycles. The Morgan fingerprint density at radius 3 is 2.14 bits per heavy atom. The van der Waals surface area contributed by atoms with Crippen molar-refractivity contribution >= 4 is 23.7 Å². The number of carboxylic acid groups (broad SMARTS) is 1. The van der Waals surface area contributed by atoms with E-state index in [1.807, 2.05) is 6.92 Å². The van der Waals surface area contributed by atoms with E-state index in [2.05, 4.69) is 16.0 Å². The number of aliphatic hydroxyl groups excluding tert-OH is 6. The Morgan fingerprint density at radius 2 is 1.53 bits per heavy atom. The molecule has 0 radical (unpaired) electrons. The van der Waals surface area contributed by atoms with Gasteiger partial charge in [0.1, 0.15) is 42.7 Å². The van der Waals surface area contributed by atoms with Gasteiger partial charge in [-0.15, -0.1) is 0 Å². The van der Waals surface area contributed by atoms with E-state index in [-0.39, 0.29) is 63.1 Å². The zero-order valence-electron chi connectivity index (χ0n) is 34.9. The highest BCUT2D eigenvalue weighted by Crippen LogP contribution is 2.40. The summed E-state index contributed by atoms with van der Waals surface area (Å²) in [5, 5.41) is 81.5. The Balaban J connectivity index is 1.62. The van der Waals surface area contributed by atoms with Crippen LogP contribution in [0.3, 0.4) is 0 Å². The van der Waals surface area contributed by atoms with Gasteiger partial charge in [0.25, 0.3) is 0 Å². The molecule has 0 aromatic rings. The van der Waals surface area contributed by atoms with Gasteiger partial charge in [0.05, 0.1) is 24.9 Å². The molecule has 19 heteroatoms.